The lowest BCUT2D eigenvalue weighted by molar-refractivity contribution is -0.118. The van der Waals surface area contributed by atoms with Crippen molar-refractivity contribution in [2.75, 3.05) is 18.8 Å². The van der Waals surface area contributed by atoms with Gasteiger partial charge in [-0.2, -0.15) is 0 Å². The standard InChI is InChI=1S/C11H20N2OS/c1-11(2,3)15-6-9(14)13-10-7-4-12-5-8(7)10/h7-8,10,12H,4-6H2,1-3H3,(H,13,14). The van der Waals surface area contributed by atoms with E-state index in [4.69, 9.17) is 0 Å². The Bertz CT molecular complexity index is 252. The van der Waals surface area contributed by atoms with Crippen LogP contribution in [0.3, 0.4) is 0 Å². The van der Waals surface area contributed by atoms with Gasteiger partial charge in [0.2, 0.25) is 5.91 Å². The van der Waals surface area contributed by atoms with Crippen molar-refractivity contribution >= 4 is 17.7 Å². The number of fused-ring (bicyclic) bond motifs is 1. The number of rotatable bonds is 3. The van der Waals surface area contributed by atoms with Gasteiger partial charge in [0.05, 0.1) is 5.75 Å². The molecule has 0 bridgehead atoms. The Balaban J connectivity index is 1.66. The molecule has 0 aromatic heterocycles. The summed E-state index contributed by atoms with van der Waals surface area (Å²) in [5.41, 5.74) is 0. The van der Waals surface area contributed by atoms with Crippen LogP contribution in [0, 0.1) is 11.8 Å². The van der Waals surface area contributed by atoms with Gasteiger partial charge in [0.15, 0.2) is 0 Å². The fourth-order valence-electron chi connectivity index (χ4n) is 2.14. The number of carbonyl (C=O) groups is 1. The van der Waals surface area contributed by atoms with Gasteiger partial charge in [-0.05, 0) is 11.8 Å². The number of carbonyl (C=O) groups excluding carboxylic acids is 1. The zero-order chi connectivity index (χ0) is 11.1. The van der Waals surface area contributed by atoms with Crippen LogP contribution >= 0.6 is 11.8 Å². The van der Waals surface area contributed by atoms with Gasteiger partial charge in [0.25, 0.3) is 0 Å². The Kier molecular flexibility index (Phi) is 2.99. The van der Waals surface area contributed by atoms with Crippen molar-refractivity contribution in [1.29, 1.82) is 0 Å². The second-order valence-corrected chi connectivity index (χ2v) is 7.28. The first-order valence-corrected chi connectivity index (χ1v) is 6.60. The van der Waals surface area contributed by atoms with E-state index in [1.807, 2.05) is 0 Å². The molecule has 2 fully saturated rings. The molecule has 1 saturated carbocycles. The molecule has 0 aromatic carbocycles. The van der Waals surface area contributed by atoms with Crippen LogP contribution in [0.2, 0.25) is 0 Å². The van der Waals surface area contributed by atoms with E-state index in [0.29, 0.717) is 23.6 Å². The molecular weight excluding hydrogens is 208 g/mol. The predicted molar refractivity (Wildman–Crippen MR) is 64.0 cm³/mol. The van der Waals surface area contributed by atoms with Crippen molar-refractivity contribution < 1.29 is 4.79 Å². The van der Waals surface area contributed by atoms with Crippen LogP contribution in [-0.2, 0) is 4.79 Å². The highest BCUT2D eigenvalue weighted by Crippen LogP contribution is 2.41. The van der Waals surface area contributed by atoms with Crippen LogP contribution < -0.4 is 10.6 Å². The molecule has 4 heteroatoms. The summed E-state index contributed by atoms with van der Waals surface area (Å²) in [6, 6.07) is 0.472. The molecule has 2 unspecified atom stereocenters. The maximum Gasteiger partial charge on any atom is 0.230 e. The summed E-state index contributed by atoms with van der Waals surface area (Å²) in [5.74, 6) is 2.23. The molecule has 2 N–H and O–H groups in total. The summed E-state index contributed by atoms with van der Waals surface area (Å²) in [4.78, 5) is 11.6. The van der Waals surface area contributed by atoms with Crippen molar-refractivity contribution in [3.8, 4) is 0 Å². The molecule has 3 nitrogen and oxygen atoms in total. The fourth-order valence-corrected chi connectivity index (χ4v) is 2.79. The van der Waals surface area contributed by atoms with Gasteiger partial charge < -0.3 is 10.6 Å². The van der Waals surface area contributed by atoms with E-state index in [2.05, 4.69) is 31.4 Å². The van der Waals surface area contributed by atoms with E-state index in [-0.39, 0.29) is 10.7 Å². The van der Waals surface area contributed by atoms with Crippen molar-refractivity contribution in [3.05, 3.63) is 0 Å². The first-order chi connectivity index (χ1) is 6.97. The molecule has 86 valence electrons. The minimum absolute atomic E-state index is 0.179. The van der Waals surface area contributed by atoms with Gasteiger partial charge in [0.1, 0.15) is 0 Å². The average Bonchev–Trinajstić information content (AvgIpc) is 2.62. The van der Waals surface area contributed by atoms with Gasteiger partial charge in [-0.25, -0.2) is 0 Å². The van der Waals surface area contributed by atoms with Gasteiger partial charge in [-0.1, -0.05) is 20.8 Å². The highest BCUT2D eigenvalue weighted by molar-refractivity contribution is 8.01. The molecule has 15 heavy (non-hydrogen) atoms. The fraction of sp³-hybridized carbons (Fsp3) is 0.909. The Morgan fingerprint density at radius 2 is 2.00 bits per heavy atom. The van der Waals surface area contributed by atoms with Crippen molar-refractivity contribution in [1.82, 2.24) is 10.6 Å². The van der Waals surface area contributed by atoms with Gasteiger partial charge in [0, 0.05) is 23.9 Å². The van der Waals surface area contributed by atoms with Crippen LogP contribution in [0.5, 0.6) is 0 Å². The molecular formula is C11H20N2OS. The summed E-state index contributed by atoms with van der Waals surface area (Å²) in [6.45, 7) is 8.59. The van der Waals surface area contributed by atoms with E-state index in [0.717, 1.165) is 13.1 Å². The number of thioether (sulfide) groups is 1. The van der Waals surface area contributed by atoms with Gasteiger partial charge in [-0.15, -0.1) is 11.8 Å². The number of hydrogen-bond donors (Lipinski definition) is 2. The van der Waals surface area contributed by atoms with Crippen LogP contribution in [0.25, 0.3) is 0 Å². The Morgan fingerprint density at radius 3 is 2.53 bits per heavy atom. The highest BCUT2D eigenvalue weighted by Gasteiger charge is 2.53. The molecule has 2 aliphatic rings. The monoisotopic (exact) mass is 228 g/mol. The predicted octanol–water partition coefficient (Wildman–Crippen LogP) is 0.852. The van der Waals surface area contributed by atoms with Crippen molar-refractivity contribution in [3.63, 3.8) is 0 Å². The zero-order valence-corrected chi connectivity index (χ0v) is 10.5. The van der Waals surface area contributed by atoms with E-state index in [1.165, 1.54) is 0 Å². The Labute approximate surface area is 95.8 Å². The molecule has 0 aromatic rings. The highest BCUT2D eigenvalue weighted by atomic mass is 32.2. The quantitative estimate of drug-likeness (QED) is 0.752. The number of hydrogen-bond acceptors (Lipinski definition) is 3. The Morgan fingerprint density at radius 1 is 1.40 bits per heavy atom. The second-order valence-electron chi connectivity index (χ2n) is 5.48. The molecule has 1 saturated heterocycles. The molecule has 0 spiro atoms. The van der Waals surface area contributed by atoms with Gasteiger partial charge in [-0.3, -0.25) is 4.79 Å². The topological polar surface area (TPSA) is 41.1 Å². The molecule has 2 atom stereocenters. The Hall–Kier alpha value is -0.220. The molecule has 1 aliphatic carbocycles. The third-order valence-corrected chi connectivity index (χ3v) is 4.33. The summed E-state index contributed by atoms with van der Waals surface area (Å²) >= 11 is 1.71. The minimum atomic E-state index is 0.179. The first-order valence-electron chi connectivity index (χ1n) is 5.61. The largest absolute Gasteiger partial charge is 0.352 e. The van der Waals surface area contributed by atoms with Crippen molar-refractivity contribution in [2.24, 2.45) is 11.8 Å². The van der Waals surface area contributed by atoms with Gasteiger partial charge >= 0.3 is 0 Å². The number of amides is 1. The lowest BCUT2D eigenvalue weighted by Crippen LogP contribution is -2.34. The van der Waals surface area contributed by atoms with E-state index in [1.54, 1.807) is 11.8 Å². The molecule has 1 heterocycles. The average molecular weight is 228 g/mol. The summed E-state index contributed by atoms with van der Waals surface area (Å²) < 4.78 is 0.179. The van der Waals surface area contributed by atoms with Crippen LogP contribution in [0.15, 0.2) is 0 Å². The minimum Gasteiger partial charge on any atom is -0.352 e. The third-order valence-electron chi connectivity index (χ3n) is 3.06. The third kappa shape index (κ3) is 2.88. The summed E-state index contributed by atoms with van der Waals surface area (Å²) in [7, 11) is 0. The maximum absolute atomic E-state index is 11.6. The summed E-state index contributed by atoms with van der Waals surface area (Å²) in [5, 5.41) is 6.45. The smallest absolute Gasteiger partial charge is 0.230 e. The molecule has 1 aliphatic heterocycles. The normalized spacial score (nSPS) is 33.7. The maximum atomic E-state index is 11.6. The molecule has 0 radical (unpaired) electrons. The lowest BCUT2D eigenvalue weighted by Gasteiger charge is -2.17. The lowest BCUT2D eigenvalue weighted by atomic mass is 10.3. The summed E-state index contributed by atoms with van der Waals surface area (Å²) in [6.07, 6.45) is 0. The van der Waals surface area contributed by atoms with Crippen LogP contribution in [0.1, 0.15) is 20.8 Å². The van der Waals surface area contributed by atoms with E-state index < -0.39 is 0 Å². The second kappa shape index (κ2) is 3.98. The van der Waals surface area contributed by atoms with E-state index >= 15 is 0 Å². The van der Waals surface area contributed by atoms with Crippen LogP contribution in [-0.4, -0.2) is 35.5 Å². The van der Waals surface area contributed by atoms with Crippen molar-refractivity contribution in [2.45, 2.75) is 31.6 Å². The zero-order valence-electron chi connectivity index (χ0n) is 9.67. The number of nitrogens with one attached hydrogen (secondary N) is 2. The first kappa shape index (κ1) is 11.3. The van der Waals surface area contributed by atoms with E-state index in [9.17, 15) is 4.79 Å². The van der Waals surface area contributed by atoms with Crippen LogP contribution in [0.4, 0.5) is 0 Å². The molecule has 2 rings (SSSR count). The number of piperidine rings is 1. The molecule has 1 amide bonds. The SMILES string of the molecule is CC(C)(C)SCC(=O)NC1C2CNCC21.